The third kappa shape index (κ3) is 6.20. The van der Waals surface area contributed by atoms with Crippen molar-refractivity contribution in [2.45, 2.75) is 25.4 Å². The normalized spacial score (nSPS) is 10.9. The molecule has 0 aliphatic rings. The molecule has 0 unspecified atom stereocenters. The number of thioether (sulfide) groups is 1. The molecule has 7 heteroatoms. The van der Waals surface area contributed by atoms with E-state index in [4.69, 9.17) is 28.2 Å². The van der Waals surface area contributed by atoms with Crippen molar-refractivity contribution in [3.8, 4) is 22.5 Å². The van der Waals surface area contributed by atoms with Crippen LogP contribution in [0.15, 0.2) is 71.9 Å². The molecule has 4 nitrogen and oxygen atoms in total. The van der Waals surface area contributed by atoms with E-state index in [0.29, 0.717) is 27.9 Å². The number of nitrogens with one attached hydrogen (secondary N) is 2. The minimum Gasteiger partial charge on any atom is -0.332 e. The molecule has 0 bridgehead atoms. The highest BCUT2D eigenvalue weighted by molar-refractivity contribution is 7.99. The van der Waals surface area contributed by atoms with E-state index in [0.717, 1.165) is 27.7 Å². The Morgan fingerprint density at radius 2 is 1.48 bits per heavy atom. The van der Waals surface area contributed by atoms with E-state index in [-0.39, 0.29) is 5.91 Å². The summed E-state index contributed by atoms with van der Waals surface area (Å²) in [5.41, 5.74) is 6.99. The van der Waals surface area contributed by atoms with Crippen LogP contribution in [0.1, 0.15) is 17.5 Å². The maximum atomic E-state index is 12.4. The Bertz CT molecular complexity index is 1180. The zero-order valence-electron chi connectivity index (χ0n) is 18.3. The number of aromatic amines is 1. The lowest BCUT2D eigenvalue weighted by atomic mass is 10.0. The summed E-state index contributed by atoms with van der Waals surface area (Å²) in [6.07, 6.45) is 0.329. The van der Waals surface area contributed by atoms with E-state index in [1.54, 1.807) is 18.2 Å². The molecule has 4 aromatic rings. The highest BCUT2D eigenvalue weighted by Gasteiger charge is 2.15. The first-order valence-corrected chi connectivity index (χ1v) is 12.2. The number of halogens is 2. The van der Waals surface area contributed by atoms with E-state index in [1.165, 1.54) is 22.9 Å². The van der Waals surface area contributed by atoms with Crippen LogP contribution in [-0.2, 0) is 4.79 Å². The first kappa shape index (κ1) is 23.4. The number of aryl methyl sites for hydroxylation is 2. The lowest BCUT2D eigenvalue weighted by Gasteiger charge is -2.06. The minimum atomic E-state index is -0.107. The van der Waals surface area contributed by atoms with Crippen molar-refractivity contribution in [3.63, 3.8) is 0 Å². The van der Waals surface area contributed by atoms with E-state index < -0.39 is 0 Å². The second-order valence-corrected chi connectivity index (χ2v) is 9.76. The van der Waals surface area contributed by atoms with Gasteiger partial charge in [0.25, 0.3) is 0 Å². The molecule has 0 radical (unpaired) electrons. The molecule has 0 aliphatic heterocycles. The Balaban J connectivity index is 1.48. The fraction of sp³-hybridized carbons (Fsp3) is 0.154. The number of amides is 1. The third-order valence-corrected chi connectivity index (χ3v) is 6.37. The number of aromatic nitrogens is 2. The smallest absolute Gasteiger partial charge is 0.225 e. The van der Waals surface area contributed by atoms with Gasteiger partial charge in [-0.3, -0.25) is 4.79 Å². The van der Waals surface area contributed by atoms with Gasteiger partial charge in [0.2, 0.25) is 5.91 Å². The van der Waals surface area contributed by atoms with Crippen LogP contribution in [0.4, 0.5) is 5.69 Å². The molecule has 1 aromatic heterocycles. The van der Waals surface area contributed by atoms with Crippen LogP contribution >= 0.6 is 35.0 Å². The monoisotopic (exact) mass is 495 g/mol. The quantitative estimate of drug-likeness (QED) is 0.257. The molecule has 2 N–H and O–H groups in total. The van der Waals surface area contributed by atoms with Gasteiger partial charge in [0.15, 0.2) is 5.16 Å². The lowest BCUT2D eigenvalue weighted by molar-refractivity contribution is -0.115. The van der Waals surface area contributed by atoms with Gasteiger partial charge in [0.05, 0.1) is 11.4 Å². The van der Waals surface area contributed by atoms with Gasteiger partial charge in [-0.25, -0.2) is 4.98 Å². The number of nitrogens with zero attached hydrogens (tertiary/aromatic N) is 1. The van der Waals surface area contributed by atoms with Crippen LogP contribution in [0, 0.1) is 13.8 Å². The number of benzene rings is 3. The van der Waals surface area contributed by atoms with E-state index in [1.807, 2.05) is 0 Å². The van der Waals surface area contributed by atoms with Gasteiger partial charge in [0, 0.05) is 39.0 Å². The van der Waals surface area contributed by atoms with Crippen LogP contribution in [0.25, 0.3) is 22.5 Å². The van der Waals surface area contributed by atoms with Crippen LogP contribution in [0.2, 0.25) is 10.0 Å². The largest absolute Gasteiger partial charge is 0.332 e. The molecule has 3 aromatic carbocycles. The Kier molecular flexibility index (Phi) is 7.43. The standard InChI is InChI=1S/C26H23Cl2N3OS/c1-16-3-7-18(8-4-16)24-25(19-9-5-17(2)6-10-19)31-26(30-24)33-12-11-23(32)29-22-14-20(27)13-21(28)15-22/h3-10,13-15H,11-12H2,1-2H3,(H,29,32)(H,30,31). The second-order valence-electron chi connectivity index (χ2n) is 7.80. The van der Waals surface area contributed by atoms with Gasteiger partial charge in [-0.15, -0.1) is 0 Å². The molecule has 168 valence electrons. The summed E-state index contributed by atoms with van der Waals surface area (Å²) in [6.45, 7) is 4.14. The van der Waals surface area contributed by atoms with Gasteiger partial charge >= 0.3 is 0 Å². The maximum absolute atomic E-state index is 12.4. The van der Waals surface area contributed by atoms with Gasteiger partial charge in [-0.05, 0) is 32.0 Å². The minimum absolute atomic E-state index is 0.107. The first-order valence-electron chi connectivity index (χ1n) is 10.5. The molecule has 0 aliphatic carbocycles. The third-order valence-electron chi connectivity index (χ3n) is 5.06. The van der Waals surface area contributed by atoms with Crippen molar-refractivity contribution < 1.29 is 4.79 Å². The number of carbonyl (C=O) groups excluding carboxylic acids is 1. The fourth-order valence-corrected chi connectivity index (χ4v) is 4.70. The van der Waals surface area contributed by atoms with Crippen LogP contribution in [0.3, 0.4) is 0 Å². The highest BCUT2D eigenvalue weighted by Crippen LogP contribution is 2.33. The molecule has 4 rings (SSSR count). The number of hydrogen-bond donors (Lipinski definition) is 2. The van der Waals surface area contributed by atoms with Crippen LogP contribution in [-0.4, -0.2) is 21.6 Å². The van der Waals surface area contributed by atoms with E-state index in [9.17, 15) is 4.79 Å². The van der Waals surface area contributed by atoms with Crippen molar-refractivity contribution in [2.24, 2.45) is 0 Å². The summed E-state index contributed by atoms with van der Waals surface area (Å²) >= 11 is 13.5. The van der Waals surface area contributed by atoms with Crippen molar-refractivity contribution >= 4 is 46.6 Å². The van der Waals surface area contributed by atoms with Crippen molar-refractivity contribution in [2.75, 3.05) is 11.1 Å². The van der Waals surface area contributed by atoms with E-state index in [2.05, 4.69) is 72.7 Å². The number of imidazole rings is 1. The van der Waals surface area contributed by atoms with Gasteiger partial charge < -0.3 is 10.3 Å². The molecule has 0 fully saturated rings. The highest BCUT2D eigenvalue weighted by atomic mass is 35.5. The SMILES string of the molecule is Cc1ccc(-c2nc(SCCC(=O)Nc3cc(Cl)cc(Cl)c3)[nH]c2-c2ccc(C)cc2)cc1. The summed E-state index contributed by atoms with van der Waals surface area (Å²) in [5.74, 6) is 0.471. The number of anilines is 1. The number of hydrogen-bond acceptors (Lipinski definition) is 3. The zero-order valence-corrected chi connectivity index (χ0v) is 20.6. The summed E-state index contributed by atoms with van der Waals surface area (Å²) in [4.78, 5) is 20.7. The van der Waals surface area contributed by atoms with Crippen molar-refractivity contribution in [1.29, 1.82) is 0 Å². The Morgan fingerprint density at radius 3 is 2.09 bits per heavy atom. The topological polar surface area (TPSA) is 57.8 Å². The van der Waals surface area contributed by atoms with Gasteiger partial charge in [-0.1, -0.05) is 94.6 Å². The summed E-state index contributed by atoms with van der Waals surface area (Å²) in [6, 6.07) is 21.7. The molecular formula is C26H23Cl2N3OS. The molecule has 1 amide bonds. The molecule has 0 saturated carbocycles. The zero-order chi connectivity index (χ0) is 23.4. The Labute approximate surface area is 207 Å². The molecule has 1 heterocycles. The van der Waals surface area contributed by atoms with Crippen molar-refractivity contribution in [3.05, 3.63) is 87.9 Å². The molecule has 0 saturated heterocycles. The Hall–Kier alpha value is -2.73. The van der Waals surface area contributed by atoms with Crippen molar-refractivity contribution in [1.82, 2.24) is 9.97 Å². The maximum Gasteiger partial charge on any atom is 0.225 e. The molecule has 0 atom stereocenters. The summed E-state index contributed by atoms with van der Waals surface area (Å²) in [5, 5.41) is 4.58. The summed E-state index contributed by atoms with van der Waals surface area (Å²) < 4.78 is 0. The predicted molar refractivity (Wildman–Crippen MR) is 139 cm³/mol. The van der Waals surface area contributed by atoms with Gasteiger partial charge in [0.1, 0.15) is 0 Å². The number of H-pyrrole nitrogens is 1. The van der Waals surface area contributed by atoms with Crippen LogP contribution in [0.5, 0.6) is 0 Å². The second kappa shape index (κ2) is 10.5. The predicted octanol–water partition coefficient (Wildman–Crippen LogP) is 7.79. The average Bonchev–Trinajstić information content (AvgIpc) is 3.18. The Morgan fingerprint density at radius 1 is 0.909 bits per heavy atom. The molecule has 0 spiro atoms. The summed E-state index contributed by atoms with van der Waals surface area (Å²) in [7, 11) is 0. The van der Waals surface area contributed by atoms with Crippen LogP contribution < -0.4 is 5.32 Å². The molecule has 33 heavy (non-hydrogen) atoms. The van der Waals surface area contributed by atoms with Gasteiger partial charge in [-0.2, -0.15) is 0 Å². The average molecular weight is 496 g/mol. The van der Waals surface area contributed by atoms with E-state index >= 15 is 0 Å². The fourth-order valence-electron chi connectivity index (χ4n) is 3.36. The number of rotatable bonds is 7. The molecular weight excluding hydrogens is 473 g/mol. The lowest BCUT2D eigenvalue weighted by Crippen LogP contribution is -2.12. The number of carbonyl (C=O) groups is 1. The first-order chi connectivity index (χ1) is 15.9.